The first-order chi connectivity index (χ1) is 15.9. The zero-order valence-electron chi connectivity index (χ0n) is 18.4. The third-order valence-electron chi connectivity index (χ3n) is 5.82. The molecule has 1 saturated heterocycles. The monoisotopic (exact) mass is 461 g/mol. The number of aryl methyl sites for hydroxylation is 2. The number of imide groups is 1. The Balaban J connectivity index is 1.29. The lowest BCUT2D eigenvalue weighted by atomic mass is 10.1. The van der Waals surface area contributed by atoms with Gasteiger partial charge in [-0.25, -0.2) is 4.98 Å². The van der Waals surface area contributed by atoms with Crippen molar-refractivity contribution >= 4 is 45.9 Å². The molecule has 1 saturated carbocycles. The Kier molecular flexibility index (Phi) is 5.49. The number of aromatic nitrogens is 3. The molecule has 0 atom stereocenters. The van der Waals surface area contributed by atoms with Gasteiger partial charge in [0.25, 0.3) is 17.1 Å². The van der Waals surface area contributed by atoms with Crippen LogP contribution in [0, 0.1) is 6.92 Å². The van der Waals surface area contributed by atoms with Gasteiger partial charge in [-0.3, -0.25) is 24.0 Å². The Morgan fingerprint density at radius 1 is 1.24 bits per heavy atom. The third kappa shape index (κ3) is 4.16. The largest absolute Gasteiger partial charge is 0.350 e. The molecular weight excluding hydrogens is 438 g/mol. The highest BCUT2D eigenvalue weighted by molar-refractivity contribution is 8.18. The smallest absolute Gasteiger partial charge is 0.293 e. The van der Waals surface area contributed by atoms with E-state index in [9.17, 15) is 14.4 Å². The first kappa shape index (κ1) is 21.4. The molecule has 0 spiro atoms. The average molecular weight is 462 g/mol. The molecule has 3 heterocycles. The number of hydrogen-bond donors (Lipinski definition) is 1. The molecule has 2 aromatic heterocycles. The summed E-state index contributed by atoms with van der Waals surface area (Å²) in [6, 6.07) is 11.2. The fourth-order valence-electron chi connectivity index (χ4n) is 4.00. The highest BCUT2D eigenvalue weighted by Gasteiger charge is 2.35. The molecule has 1 aliphatic heterocycles. The second-order valence-electron chi connectivity index (χ2n) is 8.28. The van der Waals surface area contributed by atoms with Crippen molar-refractivity contribution in [3.8, 4) is 0 Å². The number of pyridine rings is 1. The van der Waals surface area contributed by atoms with E-state index in [1.807, 2.05) is 50.4 Å². The number of carbonyl (C=O) groups excluding carboxylic acids is 3. The van der Waals surface area contributed by atoms with Crippen LogP contribution in [-0.2, 0) is 11.8 Å². The van der Waals surface area contributed by atoms with E-state index in [0.717, 1.165) is 46.9 Å². The van der Waals surface area contributed by atoms with Crippen LogP contribution in [-0.4, -0.2) is 49.8 Å². The molecule has 168 valence electrons. The van der Waals surface area contributed by atoms with Gasteiger partial charge in [-0.2, -0.15) is 5.10 Å². The van der Waals surface area contributed by atoms with Crippen LogP contribution in [0.15, 0.2) is 41.3 Å². The number of hydrogen-bond acceptors (Lipinski definition) is 6. The number of carbonyl (C=O) groups is 3. The maximum Gasteiger partial charge on any atom is 0.293 e. The van der Waals surface area contributed by atoms with Crippen molar-refractivity contribution in [1.82, 2.24) is 25.0 Å². The van der Waals surface area contributed by atoms with Crippen molar-refractivity contribution in [2.45, 2.75) is 25.7 Å². The number of nitrogens with zero attached hydrogens (tertiary/aromatic N) is 4. The van der Waals surface area contributed by atoms with Crippen LogP contribution >= 0.6 is 11.8 Å². The molecule has 5 rings (SSSR count). The van der Waals surface area contributed by atoms with Gasteiger partial charge in [-0.1, -0.05) is 30.3 Å². The van der Waals surface area contributed by atoms with Crippen LogP contribution in [0.3, 0.4) is 0 Å². The predicted octanol–water partition coefficient (Wildman–Crippen LogP) is 3.62. The Labute approximate surface area is 195 Å². The van der Waals surface area contributed by atoms with Crippen LogP contribution in [0.4, 0.5) is 4.79 Å². The summed E-state index contributed by atoms with van der Waals surface area (Å²) in [5, 5.41) is 7.70. The van der Waals surface area contributed by atoms with Gasteiger partial charge in [-0.15, -0.1) is 0 Å². The van der Waals surface area contributed by atoms with Gasteiger partial charge >= 0.3 is 0 Å². The number of fused-ring (bicyclic) bond motifs is 1. The van der Waals surface area contributed by atoms with Crippen LogP contribution in [0.2, 0.25) is 0 Å². The number of amides is 3. The van der Waals surface area contributed by atoms with Crippen molar-refractivity contribution in [2.24, 2.45) is 7.05 Å². The fourth-order valence-corrected chi connectivity index (χ4v) is 4.87. The van der Waals surface area contributed by atoms with Crippen molar-refractivity contribution in [3.05, 3.63) is 63.8 Å². The molecular formula is C24H23N5O3S. The quantitative estimate of drug-likeness (QED) is 0.563. The lowest BCUT2D eigenvalue weighted by Gasteiger charge is -2.13. The molecule has 3 aromatic rings. The minimum absolute atomic E-state index is 0.109. The molecule has 8 nitrogen and oxygen atoms in total. The predicted molar refractivity (Wildman–Crippen MR) is 127 cm³/mol. The van der Waals surface area contributed by atoms with E-state index in [2.05, 4.69) is 10.4 Å². The van der Waals surface area contributed by atoms with Gasteiger partial charge in [0.1, 0.15) is 0 Å². The molecule has 2 fully saturated rings. The summed E-state index contributed by atoms with van der Waals surface area (Å²) in [7, 11) is 1.82. The topological polar surface area (TPSA) is 97.2 Å². The molecule has 0 unspecified atom stereocenters. The zero-order valence-corrected chi connectivity index (χ0v) is 19.2. The van der Waals surface area contributed by atoms with Crippen molar-refractivity contribution < 1.29 is 14.4 Å². The Hall–Kier alpha value is -3.46. The summed E-state index contributed by atoms with van der Waals surface area (Å²) in [5.74, 6) is -0.205. The summed E-state index contributed by atoms with van der Waals surface area (Å²) in [6.45, 7) is 2.13. The number of rotatable bonds is 6. The Bertz CT molecular complexity index is 1310. The van der Waals surface area contributed by atoms with Gasteiger partial charge < -0.3 is 5.32 Å². The Morgan fingerprint density at radius 2 is 2.00 bits per heavy atom. The van der Waals surface area contributed by atoms with Gasteiger partial charge in [0, 0.05) is 31.7 Å². The summed E-state index contributed by atoms with van der Waals surface area (Å²) in [6.07, 6.45) is 3.86. The van der Waals surface area contributed by atoms with E-state index in [4.69, 9.17) is 4.98 Å². The summed E-state index contributed by atoms with van der Waals surface area (Å²) < 4.78 is 1.70. The third-order valence-corrected chi connectivity index (χ3v) is 6.73. The van der Waals surface area contributed by atoms with Gasteiger partial charge in [0.05, 0.1) is 21.5 Å². The maximum atomic E-state index is 13.1. The lowest BCUT2D eigenvalue weighted by molar-refractivity contribution is -0.122. The average Bonchev–Trinajstić information content (AvgIpc) is 3.57. The zero-order chi connectivity index (χ0) is 23.1. The molecule has 9 heteroatoms. The first-order valence-corrected chi connectivity index (χ1v) is 11.7. The second-order valence-corrected chi connectivity index (χ2v) is 9.27. The number of nitrogens with one attached hydrogen (secondary N) is 1. The Morgan fingerprint density at radius 3 is 2.73 bits per heavy atom. The van der Waals surface area contributed by atoms with Gasteiger partial charge in [0.2, 0.25) is 0 Å². The second kappa shape index (κ2) is 8.47. The highest BCUT2D eigenvalue weighted by Crippen LogP contribution is 2.40. The molecule has 2 aliphatic rings. The summed E-state index contributed by atoms with van der Waals surface area (Å²) in [5.41, 5.74) is 3.73. The van der Waals surface area contributed by atoms with E-state index < -0.39 is 0 Å². The molecule has 3 amide bonds. The molecule has 1 aliphatic carbocycles. The highest BCUT2D eigenvalue weighted by atomic mass is 32.2. The minimum atomic E-state index is -0.339. The normalized spacial score (nSPS) is 17.4. The van der Waals surface area contributed by atoms with Crippen LogP contribution in [0.5, 0.6) is 0 Å². The first-order valence-electron chi connectivity index (χ1n) is 10.8. The van der Waals surface area contributed by atoms with Crippen LogP contribution < -0.4 is 5.32 Å². The number of thioether (sulfide) groups is 1. The molecule has 0 bridgehead atoms. The SMILES string of the molecule is Cc1nn(C)c2nc(C3CC3)cc(C(=O)NCCN3C(=O)S/C(=C\c4ccccc4)C3=O)c12. The number of benzene rings is 1. The van der Waals surface area contributed by atoms with Crippen molar-refractivity contribution in [3.63, 3.8) is 0 Å². The van der Waals surface area contributed by atoms with E-state index >= 15 is 0 Å². The summed E-state index contributed by atoms with van der Waals surface area (Å²) in [4.78, 5) is 44.4. The summed E-state index contributed by atoms with van der Waals surface area (Å²) >= 11 is 0.917. The molecule has 33 heavy (non-hydrogen) atoms. The fraction of sp³-hybridized carbons (Fsp3) is 0.292. The minimum Gasteiger partial charge on any atom is -0.350 e. The molecule has 0 radical (unpaired) electrons. The van der Waals surface area contributed by atoms with E-state index in [1.165, 1.54) is 4.90 Å². The lowest BCUT2D eigenvalue weighted by Crippen LogP contribution is -2.37. The molecule has 1 aromatic carbocycles. The van der Waals surface area contributed by atoms with Crippen LogP contribution in [0.25, 0.3) is 17.1 Å². The standard InChI is InChI=1S/C24H23N5O3S/c1-14-20-17(13-18(16-8-9-16)26-21(20)28(2)27-14)22(30)25-10-11-29-23(31)19(33-24(29)32)12-15-6-4-3-5-7-15/h3-7,12-13,16H,8-11H2,1-2H3,(H,25,30)/b19-12-. The van der Waals surface area contributed by atoms with Gasteiger partial charge in [0.15, 0.2) is 5.65 Å². The molecule has 1 N–H and O–H groups in total. The van der Waals surface area contributed by atoms with E-state index in [-0.39, 0.29) is 30.1 Å². The van der Waals surface area contributed by atoms with E-state index in [0.29, 0.717) is 22.0 Å². The van der Waals surface area contributed by atoms with Gasteiger partial charge in [-0.05, 0) is 49.2 Å². The van der Waals surface area contributed by atoms with E-state index in [1.54, 1.807) is 10.8 Å². The van der Waals surface area contributed by atoms with Crippen molar-refractivity contribution in [1.29, 1.82) is 0 Å². The maximum absolute atomic E-state index is 13.1. The van der Waals surface area contributed by atoms with Crippen molar-refractivity contribution in [2.75, 3.05) is 13.1 Å². The van der Waals surface area contributed by atoms with Crippen LogP contribution in [0.1, 0.15) is 46.1 Å².